The van der Waals surface area contributed by atoms with Crippen LogP contribution < -0.4 is 4.47 Å². The largest absolute Gasteiger partial charge is 0.478 e. The van der Waals surface area contributed by atoms with Gasteiger partial charge in [-0.2, -0.15) is 8.42 Å². The van der Waals surface area contributed by atoms with Crippen LogP contribution in [0.3, 0.4) is 0 Å². The fraction of sp³-hybridized carbons (Fsp3) is 0.174. The Hall–Kier alpha value is -3.16. The summed E-state index contributed by atoms with van der Waals surface area (Å²) in [7, 11) is -4.13. The molecular formula is C23H23NO5S. The van der Waals surface area contributed by atoms with E-state index in [1.165, 1.54) is 12.1 Å². The Morgan fingerprint density at radius 1 is 0.967 bits per heavy atom. The van der Waals surface area contributed by atoms with Gasteiger partial charge in [-0.25, -0.2) is 4.79 Å². The molecule has 0 saturated heterocycles. The van der Waals surface area contributed by atoms with Gasteiger partial charge in [-0.05, 0) is 54.3 Å². The van der Waals surface area contributed by atoms with Crippen molar-refractivity contribution in [3.8, 4) is 11.1 Å². The highest BCUT2D eigenvalue weighted by Gasteiger charge is 2.27. The van der Waals surface area contributed by atoms with Crippen LogP contribution in [-0.2, 0) is 14.9 Å². The maximum atomic E-state index is 13.3. The summed E-state index contributed by atoms with van der Waals surface area (Å²) in [5.41, 5.74) is 2.70. The van der Waals surface area contributed by atoms with Gasteiger partial charge in [0.2, 0.25) is 0 Å². The minimum atomic E-state index is -4.13. The Kier molecular flexibility index (Phi) is 6.54. The first-order valence-corrected chi connectivity index (χ1v) is 11.0. The molecule has 0 atom stereocenters. The Bertz CT molecular complexity index is 1130. The maximum absolute atomic E-state index is 13.3. The standard InChI is InChI=1S/C23H23NO5S/c1-3-15-29-24(20-12-10-19(11-13-20)18-7-5-4-6-8-18)30(27,28)21-14-9-17(2)22(16-21)23(25)26/h4-14,16H,3,15H2,1-2H3,(H,25,26). The van der Waals surface area contributed by atoms with Crippen LogP contribution in [0.2, 0.25) is 0 Å². The van der Waals surface area contributed by atoms with Crippen LogP contribution in [0.25, 0.3) is 11.1 Å². The average Bonchev–Trinajstić information content (AvgIpc) is 2.75. The van der Waals surface area contributed by atoms with Gasteiger partial charge in [0, 0.05) is 0 Å². The lowest BCUT2D eigenvalue weighted by molar-refractivity contribution is 0.0696. The summed E-state index contributed by atoms with van der Waals surface area (Å²) in [6.45, 7) is 3.68. The fourth-order valence-corrected chi connectivity index (χ4v) is 4.26. The molecule has 0 radical (unpaired) electrons. The molecule has 0 heterocycles. The number of carbonyl (C=O) groups is 1. The highest BCUT2D eigenvalue weighted by Crippen LogP contribution is 2.28. The number of carboxylic acids is 1. The summed E-state index contributed by atoms with van der Waals surface area (Å²) in [5.74, 6) is -1.18. The van der Waals surface area contributed by atoms with Crippen LogP contribution in [0.4, 0.5) is 5.69 Å². The second kappa shape index (κ2) is 9.11. The number of sulfonamides is 1. The van der Waals surface area contributed by atoms with E-state index in [4.69, 9.17) is 4.84 Å². The predicted molar refractivity (Wildman–Crippen MR) is 116 cm³/mol. The molecule has 0 aliphatic heterocycles. The average molecular weight is 426 g/mol. The van der Waals surface area contributed by atoms with E-state index in [0.29, 0.717) is 17.7 Å². The Balaban J connectivity index is 2.01. The van der Waals surface area contributed by atoms with E-state index >= 15 is 0 Å². The maximum Gasteiger partial charge on any atom is 0.335 e. The Morgan fingerprint density at radius 3 is 2.20 bits per heavy atom. The number of aromatic carboxylic acids is 1. The lowest BCUT2D eigenvalue weighted by Gasteiger charge is -2.24. The van der Waals surface area contributed by atoms with Gasteiger partial charge in [0.05, 0.1) is 22.8 Å². The molecule has 0 saturated carbocycles. The van der Waals surface area contributed by atoms with E-state index in [0.717, 1.165) is 21.7 Å². The molecule has 3 aromatic rings. The first-order valence-electron chi connectivity index (χ1n) is 9.52. The molecule has 0 aromatic heterocycles. The summed E-state index contributed by atoms with van der Waals surface area (Å²) in [4.78, 5) is 16.9. The van der Waals surface area contributed by atoms with Crippen molar-refractivity contribution >= 4 is 21.7 Å². The number of hydrogen-bond donors (Lipinski definition) is 1. The third-order valence-electron chi connectivity index (χ3n) is 4.55. The van der Waals surface area contributed by atoms with Gasteiger partial charge in [0.1, 0.15) is 0 Å². The number of rotatable bonds is 8. The molecule has 156 valence electrons. The van der Waals surface area contributed by atoms with Crippen molar-refractivity contribution in [2.75, 3.05) is 11.1 Å². The van der Waals surface area contributed by atoms with E-state index < -0.39 is 16.0 Å². The number of hydrogen-bond acceptors (Lipinski definition) is 4. The highest BCUT2D eigenvalue weighted by atomic mass is 32.2. The van der Waals surface area contributed by atoms with Crippen molar-refractivity contribution in [2.45, 2.75) is 25.2 Å². The number of benzene rings is 3. The summed E-state index contributed by atoms with van der Waals surface area (Å²) in [6.07, 6.45) is 0.613. The molecule has 0 fully saturated rings. The highest BCUT2D eigenvalue weighted by molar-refractivity contribution is 7.92. The Labute approximate surface area is 176 Å². The van der Waals surface area contributed by atoms with E-state index in [-0.39, 0.29) is 17.1 Å². The molecule has 3 aromatic carbocycles. The monoisotopic (exact) mass is 425 g/mol. The van der Waals surface area contributed by atoms with Crippen LogP contribution in [0.5, 0.6) is 0 Å². The van der Waals surface area contributed by atoms with Gasteiger partial charge in [-0.3, -0.25) is 4.84 Å². The quantitative estimate of drug-likeness (QED) is 0.519. The van der Waals surface area contributed by atoms with Gasteiger partial charge < -0.3 is 5.11 Å². The lowest BCUT2D eigenvalue weighted by Crippen LogP contribution is -2.31. The molecule has 0 spiro atoms. The summed E-state index contributed by atoms with van der Waals surface area (Å²) >= 11 is 0. The number of carboxylic acid groups (broad SMARTS) is 1. The van der Waals surface area contributed by atoms with Gasteiger partial charge in [0.25, 0.3) is 10.0 Å². The first kappa shape index (κ1) is 21.5. The molecule has 7 heteroatoms. The summed E-state index contributed by atoms with van der Waals surface area (Å²) < 4.78 is 27.4. The second-order valence-corrected chi connectivity index (χ2v) is 8.51. The van der Waals surface area contributed by atoms with Crippen LogP contribution in [0, 0.1) is 6.92 Å². The van der Waals surface area contributed by atoms with Crippen molar-refractivity contribution in [2.24, 2.45) is 0 Å². The van der Waals surface area contributed by atoms with Crippen molar-refractivity contribution in [1.82, 2.24) is 0 Å². The van der Waals surface area contributed by atoms with Crippen LogP contribution in [0.15, 0.2) is 77.7 Å². The normalized spacial score (nSPS) is 11.3. The van der Waals surface area contributed by atoms with E-state index in [1.807, 2.05) is 49.4 Å². The summed E-state index contributed by atoms with van der Waals surface area (Å²) in [6, 6.07) is 20.7. The van der Waals surface area contributed by atoms with Crippen LogP contribution in [-0.4, -0.2) is 26.1 Å². The third-order valence-corrected chi connectivity index (χ3v) is 6.16. The SMILES string of the molecule is CCCON(c1ccc(-c2ccccc2)cc1)S(=O)(=O)c1ccc(C)c(C(=O)O)c1. The smallest absolute Gasteiger partial charge is 0.335 e. The molecule has 30 heavy (non-hydrogen) atoms. The van der Waals surface area contributed by atoms with E-state index in [1.54, 1.807) is 19.1 Å². The molecule has 3 rings (SSSR count). The van der Waals surface area contributed by atoms with Gasteiger partial charge >= 0.3 is 5.97 Å². The topological polar surface area (TPSA) is 83.9 Å². The van der Waals surface area contributed by atoms with Crippen LogP contribution >= 0.6 is 0 Å². The zero-order valence-corrected chi connectivity index (χ0v) is 17.6. The van der Waals surface area contributed by atoms with Gasteiger partial charge in [0.15, 0.2) is 0 Å². The van der Waals surface area contributed by atoms with E-state index in [2.05, 4.69) is 0 Å². The van der Waals surface area contributed by atoms with E-state index in [9.17, 15) is 18.3 Å². The number of aryl methyl sites for hydroxylation is 1. The first-order chi connectivity index (χ1) is 14.3. The van der Waals surface area contributed by atoms with Crippen molar-refractivity contribution < 1.29 is 23.2 Å². The third kappa shape index (κ3) is 4.53. The molecular weight excluding hydrogens is 402 g/mol. The molecule has 0 amide bonds. The van der Waals surface area contributed by atoms with Gasteiger partial charge in [-0.15, -0.1) is 4.47 Å². The van der Waals surface area contributed by atoms with Crippen molar-refractivity contribution in [3.63, 3.8) is 0 Å². The number of nitrogens with zero attached hydrogens (tertiary/aromatic N) is 1. The minimum absolute atomic E-state index is 0.0639. The zero-order chi connectivity index (χ0) is 21.7. The molecule has 0 bridgehead atoms. The van der Waals surface area contributed by atoms with Gasteiger partial charge in [-0.1, -0.05) is 55.5 Å². The molecule has 0 unspecified atom stereocenters. The minimum Gasteiger partial charge on any atom is -0.478 e. The molecule has 1 N–H and O–H groups in total. The fourth-order valence-electron chi connectivity index (χ4n) is 2.95. The molecule has 0 aliphatic carbocycles. The van der Waals surface area contributed by atoms with Crippen molar-refractivity contribution in [1.29, 1.82) is 0 Å². The molecule has 0 aliphatic rings. The second-order valence-electron chi connectivity index (χ2n) is 6.76. The summed E-state index contributed by atoms with van der Waals surface area (Å²) in [5, 5.41) is 9.35. The number of anilines is 1. The van der Waals surface area contributed by atoms with Crippen molar-refractivity contribution in [3.05, 3.63) is 83.9 Å². The van der Waals surface area contributed by atoms with Crippen LogP contribution in [0.1, 0.15) is 29.3 Å². The predicted octanol–water partition coefficient (Wildman–Crippen LogP) is 4.90. The zero-order valence-electron chi connectivity index (χ0n) is 16.8. The Morgan fingerprint density at radius 2 is 1.60 bits per heavy atom. The molecule has 6 nitrogen and oxygen atoms in total. The lowest BCUT2D eigenvalue weighted by atomic mass is 10.1.